The van der Waals surface area contributed by atoms with Gasteiger partial charge in [0.1, 0.15) is 0 Å². The smallest absolute Gasteiger partial charge is 0.254 e. The number of amides is 2. The summed E-state index contributed by atoms with van der Waals surface area (Å²) in [6, 6.07) is 8.14. The van der Waals surface area contributed by atoms with Crippen LogP contribution in [0, 0.1) is 19.8 Å². The third kappa shape index (κ3) is 4.41. The molecule has 1 aromatic carbocycles. The molecule has 0 unspecified atom stereocenters. The topological polar surface area (TPSA) is 62.3 Å². The van der Waals surface area contributed by atoms with Crippen molar-refractivity contribution >= 4 is 39.6 Å². The van der Waals surface area contributed by atoms with Crippen molar-refractivity contribution in [3.05, 3.63) is 57.1 Å². The van der Waals surface area contributed by atoms with Gasteiger partial charge in [-0.3, -0.25) is 9.59 Å². The van der Waals surface area contributed by atoms with Crippen LogP contribution in [-0.2, 0) is 4.79 Å². The Bertz CT molecular complexity index is 1020. The van der Waals surface area contributed by atoms with Crippen LogP contribution in [0.15, 0.2) is 40.4 Å². The van der Waals surface area contributed by atoms with Gasteiger partial charge in [-0.2, -0.15) is 11.3 Å². The number of piperidine rings is 1. The average molecular weight is 426 g/mol. The molecule has 0 aliphatic carbocycles. The van der Waals surface area contributed by atoms with Crippen LogP contribution in [0.2, 0.25) is 0 Å². The van der Waals surface area contributed by atoms with Gasteiger partial charge in [0.25, 0.3) is 5.91 Å². The molecular formula is C22H23N3O2S2. The second kappa shape index (κ2) is 8.47. The Morgan fingerprint density at radius 3 is 2.62 bits per heavy atom. The number of thiophene rings is 1. The number of aryl methyl sites for hydroxylation is 2. The predicted molar refractivity (Wildman–Crippen MR) is 119 cm³/mol. The molecule has 5 nitrogen and oxygen atoms in total. The van der Waals surface area contributed by atoms with Gasteiger partial charge in [-0.15, -0.1) is 11.3 Å². The monoisotopic (exact) mass is 425 g/mol. The number of anilines is 1. The molecule has 0 atom stereocenters. The summed E-state index contributed by atoms with van der Waals surface area (Å²) >= 11 is 2.97. The SMILES string of the molecule is Cc1ccc(-c2csc(NC(=O)C3CCN(C(=O)c4ccsc4)CC3)n2)c(C)c1. The summed E-state index contributed by atoms with van der Waals surface area (Å²) in [4.78, 5) is 31.6. The molecule has 3 aromatic rings. The first-order chi connectivity index (χ1) is 14.0. The summed E-state index contributed by atoms with van der Waals surface area (Å²) < 4.78 is 0. The van der Waals surface area contributed by atoms with Gasteiger partial charge in [0.15, 0.2) is 5.13 Å². The van der Waals surface area contributed by atoms with E-state index in [9.17, 15) is 9.59 Å². The molecule has 150 valence electrons. The molecule has 0 saturated carbocycles. The highest BCUT2D eigenvalue weighted by Gasteiger charge is 2.28. The number of benzene rings is 1. The van der Waals surface area contributed by atoms with Gasteiger partial charge in [-0.05, 0) is 43.7 Å². The number of rotatable bonds is 4. The van der Waals surface area contributed by atoms with Gasteiger partial charge in [-0.1, -0.05) is 23.8 Å². The first-order valence-electron chi connectivity index (χ1n) is 9.67. The highest BCUT2D eigenvalue weighted by Crippen LogP contribution is 2.29. The molecule has 2 aromatic heterocycles. The summed E-state index contributed by atoms with van der Waals surface area (Å²) in [5.41, 5.74) is 5.11. The largest absolute Gasteiger partial charge is 0.339 e. The Morgan fingerprint density at radius 2 is 1.93 bits per heavy atom. The second-order valence-electron chi connectivity index (χ2n) is 7.42. The Kier molecular flexibility index (Phi) is 5.78. The van der Waals surface area contributed by atoms with E-state index in [4.69, 9.17) is 0 Å². The lowest BCUT2D eigenvalue weighted by Crippen LogP contribution is -2.41. The van der Waals surface area contributed by atoms with Crippen molar-refractivity contribution in [3.63, 3.8) is 0 Å². The zero-order chi connectivity index (χ0) is 20.4. The predicted octanol–water partition coefficient (Wildman–Crippen LogP) is 4.98. The van der Waals surface area contributed by atoms with E-state index < -0.39 is 0 Å². The van der Waals surface area contributed by atoms with Gasteiger partial charge in [0.05, 0.1) is 11.3 Å². The lowest BCUT2D eigenvalue weighted by Gasteiger charge is -2.31. The van der Waals surface area contributed by atoms with Crippen molar-refractivity contribution in [2.75, 3.05) is 18.4 Å². The van der Waals surface area contributed by atoms with Crippen LogP contribution in [0.4, 0.5) is 5.13 Å². The van der Waals surface area contributed by atoms with Gasteiger partial charge in [-0.25, -0.2) is 4.98 Å². The molecule has 1 fully saturated rings. The standard InChI is InChI=1S/C22H23N3O2S2/c1-14-3-4-18(15(2)11-14)19-13-29-22(23-19)24-20(26)16-5-8-25(9-6-16)21(27)17-7-10-28-12-17/h3-4,7,10-13,16H,5-6,8-9H2,1-2H3,(H,23,24,26). The zero-order valence-corrected chi connectivity index (χ0v) is 18.1. The van der Waals surface area contributed by atoms with Crippen LogP contribution >= 0.6 is 22.7 Å². The lowest BCUT2D eigenvalue weighted by molar-refractivity contribution is -0.121. The van der Waals surface area contributed by atoms with E-state index in [-0.39, 0.29) is 17.7 Å². The maximum atomic E-state index is 12.7. The number of thiazole rings is 1. The number of nitrogens with zero attached hydrogens (tertiary/aromatic N) is 2. The third-order valence-corrected chi connectivity index (χ3v) is 6.75. The summed E-state index contributed by atoms with van der Waals surface area (Å²) in [6.45, 7) is 5.37. The van der Waals surface area contributed by atoms with E-state index in [1.807, 2.05) is 27.1 Å². The van der Waals surface area contributed by atoms with E-state index in [0.717, 1.165) is 16.8 Å². The van der Waals surface area contributed by atoms with E-state index in [1.54, 1.807) is 0 Å². The van der Waals surface area contributed by atoms with Crippen molar-refractivity contribution in [2.24, 2.45) is 5.92 Å². The molecule has 4 rings (SSSR count). The maximum Gasteiger partial charge on any atom is 0.254 e. The minimum absolute atomic E-state index is 0.00541. The first-order valence-corrected chi connectivity index (χ1v) is 11.5. The van der Waals surface area contributed by atoms with Crippen molar-refractivity contribution in [2.45, 2.75) is 26.7 Å². The van der Waals surface area contributed by atoms with Gasteiger partial charge < -0.3 is 10.2 Å². The van der Waals surface area contributed by atoms with Crippen LogP contribution in [-0.4, -0.2) is 34.8 Å². The zero-order valence-electron chi connectivity index (χ0n) is 16.5. The summed E-state index contributed by atoms with van der Waals surface area (Å²) in [5.74, 6) is -0.0349. The van der Waals surface area contributed by atoms with Crippen LogP contribution in [0.25, 0.3) is 11.3 Å². The van der Waals surface area contributed by atoms with Crippen molar-refractivity contribution in [1.29, 1.82) is 0 Å². The number of hydrogen-bond acceptors (Lipinski definition) is 5. The average Bonchev–Trinajstić information content (AvgIpc) is 3.40. The molecule has 3 heterocycles. The molecule has 1 aliphatic rings. The molecule has 0 radical (unpaired) electrons. The van der Waals surface area contributed by atoms with E-state index in [0.29, 0.717) is 31.1 Å². The summed E-state index contributed by atoms with van der Waals surface area (Å²) in [7, 11) is 0. The Morgan fingerprint density at radius 1 is 1.14 bits per heavy atom. The maximum absolute atomic E-state index is 12.7. The Balaban J connectivity index is 1.35. The lowest BCUT2D eigenvalue weighted by atomic mass is 9.95. The quantitative estimate of drug-likeness (QED) is 0.641. The third-order valence-electron chi connectivity index (χ3n) is 5.31. The first kappa shape index (κ1) is 19.8. The highest BCUT2D eigenvalue weighted by molar-refractivity contribution is 7.14. The number of carbonyl (C=O) groups is 2. The summed E-state index contributed by atoms with van der Waals surface area (Å²) in [6.07, 6.45) is 1.36. The molecule has 2 amide bonds. The molecule has 1 N–H and O–H groups in total. The number of aromatic nitrogens is 1. The number of carbonyl (C=O) groups excluding carboxylic acids is 2. The van der Waals surface area contributed by atoms with Crippen molar-refractivity contribution in [3.8, 4) is 11.3 Å². The van der Waals surface area contributed by atoms with Gasteiger partial charge in [0, 0.05) is 35.3 Å². The van der Waals surface area contributed by atoms with E-state index in [1.165, 1.54) is 33.8 Å². The van der Waals surface area contributed by atoms with Crippen LogP contribution in [0.3, 0.4) is 0 Å². The summed E-state index contributed by atoms with van der Waals surface area (Å²) in [5, 5.41) is 9.36. The second-order valence-corrected chi connectivity index (χ2v) is 9.06. The van der Waals surface area contributed by atoms with Gasteiger partial charge >= 0.3 is 0 Å². The fourth-order valence-electron chi connectivity index (χ4n) is 3.68. The van der Waals surface area contributed by atoms with Crippen LogP contribution in [0.1, 0.15) is 34.3 Å². The number of nitrogens with one attached hydrogen (secondary N) is 1. The minimum Gasteiger partial charge on any atom is -0.339 e. The molecular weight excluding hydrogens is 402 g/mol. The fraction of sp³-hybridized carbons (Fsp3) is 0.318. The molecule has 1 aliphatic heterocycles. The normalized spacial score (nSPS) is 14.8. The molecule has 1 saturated heterocycles. The van der Waals surface area contributed by atoms with Gasteiger partial charge in [0.2, 0.25) is 5.91 Å². The van der Waals surface area contributed by atoms with Crippen molar-refractivity contribution < 1.29 is 9.59 Å². The fourth-order valence-corrected chi connectivity index (χ4v) is 5.02. The highest BCUT2D eigenvalue weighted by atomic mass is 32.1. The number of likely N-dealkylation sites (tertiary alicyclic amines) is 1. The minimum atomic E-state index is -0.0880. The number of hydrogen-bond donors (Lipinski definition) is 1. The molecule has 7 heteroatoms. The molecule has 29 heavy (non-hydrogen) atoms. The molecule has 0 spiro atoms. The van der Waals surface area contributed by atoms with E-state index >= 15 is 0 Å². The van der Waals surface area contributed by atoms with Crippen LogP contribution in [0.5, 0.6) is 0 Å². The molecule has 0 bridgehead atoms. The van der Waals surface area contributed by atoms with Crippen LogP contribution < -0.4 is 5.32 Å². The Labute approximate surface area is 178 Å². The Hall–Kier alpha value is -2.51. The van der Waals surface area contributed by atoms with Crippen molar-refractivity contribution in [1.82, 2.24) is 9.88 Å². The van der Waals surface area contributed by atoms with E-state index in [2.05, 4.69) is 42.3 Å².